The Bertz CT molecular complexity index is 491. The molecule has 2 aliphatic carbocycles. The van der Waals surface area contributed by atoms with Gasteiger partial charge in [-0.2, -0.15) is 0 Å². The van der Waals surface area contributed by atoms with Gasteiger partial charge >= 0.3 is 0 Å². The van der Waals surface area contributed by atoms with Crippen LogP contribution in [0.1, 0.15) is 31.2 Å². The van der Waals surface area contributed by atoms with Gasteiger partial charge in [-0.1, -0.05) is 30.3 Å². The molecule has 0 aliphatic heterocycles. The van der Waals surface area contributed by atoms with Crippen molar-refractivity contribution in [3.8, 4) is 0 Å². The summed E-state index contributed by atoms with van der Waals surface area (Å²) < 4.78 is 0. The summed E-state index contributed by atoms with van der Waals surface area (Å²) in [5, 5.41) is 3.31. The topological polar surface area (TPSA) is 58.4 Å². The number of nitrogens with zero attached hydrogens (tertiary/aromatic N) is 1. The minimum atomic E-state index is 0. The Morgan fingerprint density at radius 2 is 1.75 bits per heavy atom. The van der Waals surface area contributed by atoms with E-state index in [4.69, 9.17) is 5.73 Å². The van der Waals surface area contributed by atoms with Crippen LogP contribution >= 0.6 is 12.4 Å². The third kappa shape index (κ3) is 6.08. The molecule has 0 unspecified atom stereocenters. The number of benzene rings is 1. The van der Waals surface area contributed by atoms with Gasteiger partial charge in [-0.25, -0.2) is 0 Å². The molecule has 1 aromatic rings. The minimum Gasteiger partial charge on any atom is -0.352 e. The van der Waals surface area contributed by atoms with Crippen molar-refractivity contribution in [2.45, 2.75) is 38.1 Å². The smallest absolute Gasteiger partial charge is 0.234 e. The SMILES string of the molecule is Cl.NCCN(CCc1ccccc1)CC(=O)NC(C1CC1)C1CC1. The molecule has 2 fully saturated rings. The second-order valence-electron chi connectivity index (χ2n) is 7.07. The average Bonchev–Trinajstić information content (AvgIpc) is 3.45. The third-order valence-electron chi connectivity index (χ3n) is 4.96. The van der Waals surface area contributed by atoms with E-state index in [1.54, 1.807) is 0 Å². The van der Waals surface area contributed by atoms with E-state index in [-0.39, 0.29) is 18.3 Å². The summed E-state index contributed by atoms with van der Waals surface area (Å²) in [7, 11) is 0. The fourth-order valence-corrected chi connectivity index (χ4v) is 3.35. The average molecular weight is 352 g/mol. The molecule has 0 aromatic heterocycles. The molecule has 0 atom stereocenters. The lowest BCUT2D eigenvalue weighted by Gasteiger charge is -2.24. The standard InChI is InChI=1S/C19H29N3O.ClH/c20-11-13-22(12-10-15-4-2-1-3-5-15)14-18(23)21-19(16-6-7-16)17-8-9-17;/h1-5,16-17,19H,6-14,20H2,(H,21,23);1H. The predicted molar refractivity (Wildman–Crippen MR) is 100 cm³/mol. The molecule has 0 saturated heterocycles. The van der Waals surface area contributed by atoms with Crippen LogP contribution in [0.15, 0.2) is 30.3 Å². The van der Waals surface area contributed by atoms with Crippen LogP contribution in [0.4, 0.5) is 0 Å². The van der Waals surface area contributed by atoms with E-state index in [1.807, 2.05) is 6.07 Å². The second-order valence-corrected chi connectivity index (χ2v) is 7.07. The largest absolute Gasteiger partial charge is 0.352 e. The zero-order chi connectivity index (χ0) is 16.1. The first-order valence-corrected chi connectivity index (χ1v) is 9.02. The van der Waals surface area contributed by atoms with Crippen LogP contribution in [0.3, 0.4) is 0 Å². The Balaban J connectivity index is 0.00000208. The zero-order valence-electron chi connectivity index (χ0n) is 14.3. The van der Waals surface area contributed by atoms with E-state index < -0.39 is 0 Å². The van der Waals surface area contributed by atoms with Crippen LogP contribution in [-0.4, -0.2) is 43.0 Å². The number of hydrogen-bond acceptors (Lipinski definition) is 3. The maximum Gasteiger partial charge on any atom is 0.234 e. The number of halogens is 1. The first kappa shape index (κ1) is 19.2. The fraction of sp³-hybridized carbons (Fsp3) is 0.632. The van der Waals surface area contributed by atoms with Crippen LogP contribution in [0.2, 0.25) is 0 Å². The van der Waals surface area contributed by atoms with Gasteiger partial charge in [0.05, 0.1) is 6.54 Å². The lowest BCUT2D eigenvalue weighted by atomic mass is 10.1. The third-order valence-corrected chi connectivity index (χ3v) is 4.96. The van der Waals surface area contributed by atoms with Gasteiger partial charge in [0.2, 0.25) is 5.91 Å². The molecule has 0 bridgehead atoms. The van der Waals surface area contributed by atoms with Crippen molar-refractivity contribution in [3.63, 3.8) is 0 Å². The molecule has 3 rings (SSSR count). The molecule has 5 heteroatoms. The van der Waals surface area contributed by atoms with Crippen molar-refractivity contribution in [2.24, 2.45) is 17.6 Å². The number of rotatable bonds is 10. The molecule has 24 heavy (non-hydrogen) atoms. The Morgan fingerprint density at radius 1 is 1.12 bits per heavy atom. The highest BCUT2D eigenvalue weighted by atomic mass is 35.5. The van der Waals surface area contributed by atoms with E-state index in [2.05, 4.69) is 34.5 Å². The van der Waals surface area contributed by atoms with Crippen molar-refractivity contribution >= 4 is 18.3 Å². The van der Waals surface area contributed by atoms with Gasteiger partial charge in [0.25, 0.3) is 0 Å². The summed E-state index contributed by atoms with van der Waals surface area (Å²) in [6, 6.07) is 10.9. The summed E-state index contributed by atoms with van der Waals surface area (Å²) in [4.78, 5) is 14.6. The summed E-state index contributed by atoms with van der Waals surface area (Å²) >= 11 is 0. The van der Waals surface area contributed by atoms with E-state index in [1.165, 1.54) is 31.2 Å². The van der Waals surface area contributed by atoms with E-state index in [0.717, 1.165) is 31.3 Å². The van der Waals surface area contributed by atoms with Crippen molar-refractivity contribution in [3.05, 3.63) is 35.9 Å². The zero-order valence-corrected chi connectivity index (χ0v) is 15.1. The molecule has 2 saturated carbocycles. The van der Waals surface area contributed by atoms with Crippen molar-refractivity contribution < 1.29 is 4.79 Å². The number of nitrogens with two attached hydrogens (primary N) is 1. The first-order valence-electron chi connectivity index (χ1n) is 9.02. The monoisotopic (exact) mass is 351 g/mol. The van der Waals surface area contributed by atoms with E-state index >= 15 is 0 Å². The molecule has 2 aliphatic rings. The van der Waals surface area contributed by atoms with E-state index in [0.29, 0.717) is 19.1 Å². The predicted octanol–water partition coefficient (Wildman–Crippen LogP) is 2.22. The highest BCUT2D eigenvalue weighted by Crippen LogP contribution is 2.44. The molecular weight excluding hydrogens is 322 g/mol. The molecule has 0 spiro atoms. The summed E-state index contributed by atoms with van der Waals surface area (Å²) in [5.74, 6) is 1.67. The molecule has 134 valence electrons. The molecular formula is C19H30ClN3O. The Morgan fingerprint density at radius 3 is 2.29 bits per heavy atom. The van der Waals surface area contributed by atoms with Crippen LogP contribution < -0.4 is 11.1 Å². The minimum absolute atomic E-state index is 0. The molecule has 1 aromatic carbocycles. The van der Waals surface area contributed by atoms with E-state index in [9.17, 15) is 4.79 Å². The normalized spacial score (nSPS) is 17.0. The Labute approximate surface area is 151 Å². The highest BCUT2D eigenvalue weighted by Gasteiger charge is 2.42. The molecule has 3 N–H and O–H groups in total. The lowest BCUT2D eigenvalue weighted by Crippen LogP contribution is -2.45. The van der Waals surface area contributed by atoms with Gasteiger partial charge in [-0.05, 0) is 49.5 Å². The lowest BCUT2D eigenvalue weighted by molar-refractivity contribution is -0.123. The maximum atomic E-state index is 12.4. The molecule has 0 radical (unpaired) electrons. The quantitative estimate of drug-likeness (QED) is 0.679. The van der Waals surface area contributed by atoms with Crippen molar-refractivity contribution in [1.29, 1.82) is 0 Å². The first-order chi connectivity index (χ1) is 11.3. The summed E-state index contributed by atoms with van der Waals surface area (Å²) in [5.41, 5.74) is 7.03. The van der Waals surface area contributed by atoms with Crippen LogP contribution in [0.25, 0.3) is 0 Å². The number of carbonyl (C=O) groups is 1. The molecule has 0 heterocycles. The van der Waals surface area contributed by atoms with Gasteiger partial charge in [-0.3, -0.25) is 9.69 Å². The highest BCUT2D eigenvalue weighted by molar-refractivity contribution is 5.85. The number of nitrogens with one attached hydrogen (secondary N) is 1. The van der Waals surface area contributed by atoms with Crippen LogP contribution in [0.5, 0.6) is 0 Å². The van der Waals surface area contributed by atoms with Gasteiger partial charge in [0.1, 0.15) is 0 Å². The van der Waals surface area contributed by atoms with Gasteiger partial charge < -0.3 is 11.1 Å². The summed E-state index contributed by atoms with van der Waals surface area (Å²) in [6.07, 6.45) is 6.14. The molecule has 4 nitrogen and oxygen atoms in total. The molecule has 1 amide bonds. The number of carbonyl (C=O) groups excluding carboxylic acids is 1. The van der Waals surface area contributed by atoms with Crippen molar-refractivity contribution in [1.82, 2.24) is 10.2 Å². The Kier molecular flexibility index (Phi) is 7.53. The summed E-state index contributed by atoms with van der Waals surface area (Å²) in [6.45, 7) is 2.72. The maximum absolute atomic E-state index is 12.4. The second kappa shape index (κ2) is 9.40. The fourth-order valence-electron chi connectivity index (χ4n) is 3.35. The Hall–Kier alpha value is -1.10. The number of amides is 1. The van der Waals surface area contributed by atoms with Gasteiger partial charge in [0.15, 0.2) is 0 Å². The number of hydrogen-bond donors (Lipinski definition) is 2. The van der Waals surface area contributed by atoms with Crippen LogP contribution in [-0.2, 0) is 11.2 Å². The van der Waals surface area contributed by atoms with Gasteiger partial charge in [0, 0.05) is 25.7 Å². The van der Waals surface area contributed by atoms with Crippen molar-refractivity contribution in [2.75, 3.05) is 26.2 Å². The van der Waals surface area contributed by atoms with Gasteiger partial charge in [-0.15, -0.1) is 12.4 Å². The van der Waals surface area contributed by atoms with Crippen LogP contribution in [0, 0.1) is 11.8 Å².